The summed E-state index contributed by atoms with van der Waals surface area (Å²) in [7, 11) is 0. The van der Waals surface area contributed by atoms with E-state index in [1.165, 1.54) is 32.1 Å². The van der Waals surface area contributed by atoms with Crippen molar-refractivity contribution in [2.75, 3.05) is 11.4 Å². The summed E-state index contributed by atoms with van der Waals surface area (Å²) >= 11 is 0. The number of nitrogens with one attached hydrogen (secondary N) is 1. The summed E-state index contributed by atoms with van der Waals surface area (Å²) in [4.78, 5) is 14.3. The second-order valence-electron chi connectivity index (χ2n) is 5.94. The van der Waals surface area contributed by atoms with Crippen LogP contribution in [0, 0.1) is 0 Å². The molecule has 0 radical (unpaired) electrons. The monoisotopic (exact) mass is 288 g/mol. The maximum Gasteiger partial charge on any atom is 0.142 e. The van der Waals surface area contributed by atoms with Crippen LogP contribution in [-0.4, -0.2) is 38.7 Å². The maximum atomic E-state index is 10.2. The van der Waals surface area contributed by atoms with Crippen molar-refractivity contribution < 1.29 is 5.11 Å². The standard InChI is InChI=1S/C16H24N4O/c1-2-13(21)10-20(12-6-4-3-5-7-12)16-14-8-9-17-15(14)18-11-19-16/h8-9,11-13,21H,2-7,10H2,1H3,(H,17,18,19). The SMILES string of the molecule is CCC(O)CN(c1ncnc2[nH]ccc12)C1CCCCC1. The van der Waals surface area contributed by atoms with Gasteiger partial charge in [0, 0.05) is 18.8 Å². The first-order valence-electron chi connectivity index (χ1n) is 8.02. The number of fused-ring (bicyclic) bond motifs is 1. The number of nitrogens with zero attached hydrogens (tertiary/aromatic N) is 3. The second kappa shape index (κ2) is 6.43. The van der Waals surface area contributed by atoms with Gasteiger partial charge in [-0.1, -0.05) is 26.2 Å². The Hall–Kier alpha value is -1.62. The lowest BCUT2D eigenvalue weighted by Gasteiger charge is -2.36. The highest BCUT2D eigenvalue weighted by Crippen LogP contribution is 2.30. The zero-order valence-electron chi connectivity index (χ0n) is 12.6. The molecule has 3 rings (SSSR count). The van der Waals surface area contributed by atoms with E-state index >= 15 is 0 Å². The van der Waals surface area contributed by atoms with E-state index < -0.39 is 0 Å². The van der Waals surface area contributed by atoms with Crippen molar-refractivity contribution in [2.45, 2.75) is 57.6 Å². The predicted octanol–water partition coefficient (Wildman–Crippen LogP) is 2.87. The number of aromatic amines is 1. The molecule has 1 unspecified atom stereocenters. The quantitative estimate of drug-likeness (QED) is 0.888. The topological polar surface area (TPSA) is 65.0 Å². The largest absolute Gasteiger partial charge is 0.391 e. The second-order valence-corrected chi connectivity index (χ2v) is 5.94. The fourth-order valence-corrected chi connectivity index (χ4v) is 3.24. The molecule has 5 heteroatoms. The molecule has 0 amide bonds. The Morgan fingerprint density at radius 3 is 2.90 bits per heavy atom. The van der Waals surface area contributed by atoms with Crippen LogP contribution < -0.4 is 4.90 Å². The lowest BCUT2D eigenvalue weighted by Crippen LogP contribution is -2.42. The fraction of sp³-hybridized carbons (Fsp3) is 0.625. The number of H-pyrrole nitrogens is 1. The Morgan fingerprint density at radius 2 is 2.14 bits per heavy atom. The molecule has 0 aromatic carbocycles. The van der Waals surface area contributed by atoms with Crippen LogP contribution in [0.2, 0.25) is 0 Å². The summed E-state index contributed by atoms with van der Waals surface area (Å²) in [5.74, 6) is 0.959. The lowest BCUT2D eigenvalue weighted by molar-refractivity contribution is 0.170. The van der Waals surface area contributed by atoms with Crippen molar-refractivity contribution >= 4 is 16.9 Å². The highest BCUT2D eigenvalue weighted by molar-refractivity contribution is 5.87. The summed E-state index contributed by atoms with van der Waals surface area (Å²) < 4.78 is 0. The van der Waals surface area contributed by atoms with Crippen molar-refractivity contribution in [1.82, 2.24) is 15.0 Å². The van der Waals surface area contributed by atoms with Crippen molar-refractivity contribution in [3.63, 3.8) is 0 Å². The van der Waals surface area contributed by atoms with Gasteiger partial charge in [0.05, 0.1) is 11.5 Å². The average molecular weight is 288 g/mol. The van der Waals surface area contributed by atoms with E-state index in [0.29, 0.717) is 12.6 Å². The molecule has 114 valence electrons. The molecule has 5 nitrogen and oxygen atoms in total. The molecule has 1 atom stereocenters. The molecule has 0 aliphatic heterocycles. The number of anilines is 1. The van der Waals surface area contributed by atoms with Gasteiger partial charge in [-0.05, 0) is 25.3 Å². The lowest BCUT2D eigenvalue weighted by atomic mass is 9.93. The van der Waals surface area contributed by atoms with E-state index in [2.05, 4.69) is 19.9 Å². The van der Waals surface area contributed by atoms with Gasteiger partial charge in [0.2, 0.25) is 0 Å². The number of aromatic nitrogens is 3. The van der Waals surface area contributed by atoms with Crippen LogP contribution in [0.1, 0.15) is 45.4 Å². The van der Waals surface area contributed by atoms with Gasteiger partial charge in [0.1, 0.15) is 17.8 Å². The smallest absolute Gasteiger partial charge is 0.142 e. The summed E-state index contributed by atoms with van der Waals surface area (Å²) in [6, 6.07) is 2.51. The molecule has 2 N–H and O–H groups in total. The Morgan fingerprint density at radius 1 is 1.33 bits per heavy atom. The third kappa shape index (κ3) is 3.02. The molecule has 2 heterocycles. The number of hydrogen-bond acceptors (Lipinski definition) is 4. The summed E-state index contributed by atoms with van der Waals surface area (Å²) in [5, 5.41) is 11.2. The maximum absolute atomic E-state index is 10.2. The first-order chi connectivity index (χ1) is 10.3. The predicted molar refractivity (Wildman–Crippen MR) is 84.4 cm³/mol. The number of hydrogen-bond donors (Lipinski definition) is 2. The van der Waals surface area contributed by atoms with Gasteiger partial charge in [0.25, 0.3) is 0 Å². The molecule has 1 saturated carbocycles. The molecular formula is C16H24N4O. The van der Waals surface area contributed by atoms with Crippen LogP contribution in [-0.2, 0) is 0 Å². The number of aliphatic hydroxyl groups is 1. The van der Waals surface area contributed by atoms with Gasteiger partial charge >= 0.3 is 0 Å². The van der Waals surface area contributed by atoms with Gasteiger partial charge in [-0.25, -0.2) is 9.97 Å². The van der Waals surface area contributed by atoms with Crippen LogP contribution in [0.3, 0.4) is 0 Å². The van der Waals surface area contributed by atoms with Crippen LogP contribution in [0.5, 0.6) is 0 Å². The van der Waals surface area contributed by atoms with Gasteiger partial charge < -0.3 is 15.0 Å². The fourth-order valence-electron chi connectivity index (χ4n) is 3.24. The van der Waals surface area contributed by atoms with Crippen molar-refractivity contribution in [2.24, 2.45) is 0 Å². The van der Waals surface area contributed by atoms with Crippen LogP contribution in [0.15, 0.2) is 18.6 Å². The molecule has 1 aliphatic carbocycles. The minimum absolute atomic E-state index is 0.309. The molecule has 1 aliphatic rings. The summed E-state index contributed by atoms with van der Waals surface area (Å²) in [6.07, 6.45) is 10.2. The molecule has 2 aromatic rings. The van der Waals surface area contributed by atoms with Crippen molar-refractivity contribution in [3.05, 3.63) is 18.6 Å². The minimum Gasteiger partial charge on any atom is -0.391 e. The van der Waals surface area contributed by atoms with Crippen molar-refractivity contribution in [1.29, 1.82) is 0 Å². The van der Waals surface area contributed by atoms with Gasteiger partial charge in [0.15, 0.2) is 0 Å². The Bertz CT molecular complexity index is 576. The Kier molecular flexibility index (Phi) is 4.39. The molecule has 0 bridgehead atoms. The molecule has 0 spiro atoms. The summed E-state index contributed by atoms with van der Waals surface area (Å²) in [6.45, 7) is 2.67. The molecule has 1 fully saturated rings. The highest BCUT2D eigenvalue weighted by Gasteiger charge is 2.25. The van der Waals surface area contributed by atoms with E-state index in [1.54, 1.807) is 6.33 Å². The third-order valence-electron chi connectivity index (χ3n) is 4.50. The zero-order chi connectivity index (χ0) is 14.7. The molecule has 2 aromatic heterocycles. The van der Waals surface area contributed by atoms with Gasteiger partial charge in [-0.15, -0.1) is 0 Å². The molecule has 0 saturated heterocycles. The van der Waals surface area contributed by atoms with E-state index in [1.807, 2.05) is 19.2 Å². The van der Waals surface area contributed by atoms with Gasteiger partial charge in [-0.2, -0.15) is 0 Å². The van der Waals surface area contributed by atoms with E-state index in [-0.39, 0.29) is 6.10 Å². The number of aliphatic hydroxyl groups excluding tert-OH is 1. The minimum atomic E-state index is -0.309. The van der Waals surface area contributed by atoms with E-state index in [4.69, 9.17) is 0 Å². The zero-order valence-corrected chi connectivity index (χ0v) is 12.6. The Labute approximate surface area is 125 Å². The molecular weight excluding hydrogens is 264 g/mol. The first-order valence-corrected chi connectivity index (χ1v) is 8.02. The van der Waals surface area contributed by atoms with Crippen LogP contribution in [0.4, 0.5) is 5.82 Å². The van der Waals surface area contributed by atoms with Crippen LogP contribution >= 0.6 is 0 Å². The summed E-state index contributed by atoms with van der Waals surface area (Å²) in [5.41, 5.74) is 0.867. The van der Waals surface area contributed by atoms with E-state index in [9.17, 15) is 5.11 Å². The van der Waals surface area contributed by atoms with E-state index in [0.717, 1.165) is 23.3 Å². The van der Waals surface area contributed by atoms with Crippen LogP contribution in [0.25, 0.3) is 11.0 Å². The first kappa shape index (κ1) is 14.3. The van der Waals surface area contributed by atoms with Gasteiger partial charge in [-0.3, -0.25) is 0 Å². The highest BCUT2D eigenvalue weighted by atomic mass is 16.3. The normalized spacial score (nSPS) is 18.0. The number of rotatable bonds is 5. The third-order valence-corrected chi connectivity index (χ3v) is 4.50. The molecule has 21 heavy (non-hydrogen) atoms. The Balaban J connectivity index is 1.95. The average Bonchev–Trinajstić information content (AvgIpc) is 3.02. The van der Waals surface area contributed by atoms with Crippen molar-refractivity contribution in [3.8, 4) is 0 Å².